The van der Waals surface area contributed by atoms with Gasteiger partial charge in [0.25, 0.3) is 0 Å². The highest BCUT2D eigenvalue weighted by atomic mass is 35.5. The summed E-state index contributed by atoms with van der Waals surface area (Å²) in [5.41, 5.74) is 0.419. The summed E-state index contributed by atoms with van der Waals surface area (Å²) >= 11 is 5.95. The predicted molar refractivity (Wildman–Crippen MR) is 76.5 cm³/mol. The van der Waals surface area contributed by atoms with E-state index < -0.39 is 0 Å². The second kappa shape index (κ2) is 6.30. The number of halogens is 1. The Labute approximate surface area is 121 Å². The van der Waals surface area contributed by atoms with Gasteiger partial charge in [-0.15, -0.1) is 0 Å². The van der Waals surface area contributed by atoms with Gasteiger partial charge in [-0.05, 0) is 12.1 Å². The first-order valence-corrected chi connectivity index (χ1v) is 6.19. The Morgan fingerprint density at radius 3 is 2.00 bits per heavy atom. The summed E-state index contributed by atoms with van der Waals surface area (Å²) in [4.78, 5) is 10.7. The second-order valence-electron chi connectivity index (χ2n) is 3.95. The van der Waals surface area contributed by atoms with Gasteiger partial charge in [0.2, 0.25) is 0 Å². The average molecular weight is 293 g/mol. The monoisotopic (exact) mass is 292 g/mol. The Morgan fingerprint density at radius 1 is 0.900 bits per heavy atom. The van der Waals surface area contributed by atoms with Gasteiger partial charge in [0.15, 0.2) is 6.29 Å². The van der Waals surface area contributed by atoms with Gasteiger partial charge in [-0.1, -0.05) is 11.6 Å². The Morgan fingerprint density at radius 2 is 1.50 bits per heavy atom. The van der Waals surface area contributed by atoms with Gasteiger partial charge in [-0.2, -0.15) is 0 Å². The van der Waals surface area contributed by atoms with Gasteiger partial charge < -0.3 is 14.2 Å². The molecule has 0 bridgehead atoms. The van der Waals surface area contributed by atoms with Gasteiger partial charge in [0.05, 0.1) is 19.2 Å². The molecule has 0 amide bonds. The number of carbonyl (C=O) groups excluding carboxylic acids is 1. The minimum Gasteiger partial charge on any atom is -0.496 e. The maximum absolute atomic E-state index is 10.7. The van der Waals surface area contributed by atoms with Crippen LogP contribution in [0.5, 0.6) is 23.0 Å². The second-order valence-corrected chi connectivity index (χ2v) is 4.36. The first-order valence-electron chi connectivity index (χ1n) is 5.82. The van der Waals surface area contributed by atoms with Crippen LogP contribution >= 0.6 is 11.6 Å². The fourth-order valence-corrected chi connectivity index (χ4v) is 1.86. The molecule has 20 heavy (non-hydrogen) atoms. The van der Waals surface area contributed by atoms with Gasteiger partial charge in [-0.3, -0.25) is 4.79 Å². The predicted octanol–water partition coefficient (Wildman–Crippen LogP) is 3.96. The number of methoxy groups -OCH3 is 2. The van der Waals surface area contributed by atoms with E-state index >= 15 is 0 Å². The highest BCUT2D eigenvalue weighted by molar-refractivity contribution is 6.33. The molecule has 0 N–H and O–H groups in total. The summed E-state index contributed by atoms with van der Waals surface area (Å²) in [6.45, 7) is 0. The van der Waals surface area contributed by atoms with Crippen molar-refractivity contribution >= 4 is 17.9 Å². The van der Waals surface area contributed by atoms with Crippen LogP contribution in [0.25, 0.3) is 0 Å². The van der Waals surface area contributed by atoms with Crippen molar-refractivity contribution in [2.24, 2.45) is 0 Å². The van der Waals surface area contributed by atoms with E-state index in [1.165, 1.54) is 0 Å². The molecule has 5 heteroatoms. The molecule has 0 saturated carbocycles. The molecule has 0 fully saturated rings. The molecule has 2 aromatic carbocycles. The van der Waals surface area contributed by atoms with Crippen LogP contribution in [0.1, 0.15) is 10.4 Å². The lowest BCUT2D eigenvalue weighted by atomic mass is 10.2. The van der Waals surface area contributed by atoms with Crippen LogP contribution in [0.3, 0.4) is 0 Å². The van der Waals surface area contributed by atoms with Crippen LogP contribution in [0.2, 0.25) is 5.02 Å². The molecule has 2 rings (SSSR count). The summed E-state index contributed by atoms with van der Waals surface area (Å²) in [6.07, 6.45) is 0.695. The minimum absolute atomic E-state index is 0.340. The SMILES string of the molecule is COc1cc(OC)cc(Oc2ccc(C=O)c(Cl)c2)c1. The zero-order valence-electron chi connectivity index (χ0n) is 11.1. The molecular formula is C15H13ClO4. The largest absolute Gasteiger partial charge is 0.496 e. The molecule has 0 aliphatic carbocycles. The van der Waals surface area contributed by atoms with Crippen LogP contribution in [-0.4, -0.2) is 20.5 Å². The van der Waals surface area contributed by atoms with Crippen LogP contribution in [0.15, 0.2) is 36.4 Å². The van der Waals surface area contributed by atoms with Gasteiger partial charge >= 0.3 is 0 Å². The zero-order chi connectivity index (χ0) is 14.5. The lowest BCUT2D eigenvalue weighted by Gasteiger charge is -2.10. The van der Waals surface area contributed by atoms with Crippen molar-refractivity contribution in [1.82, 2.24) is 0 Å². The quantitative estimate of drug-likeness (QED) is 0.782. The molecule has 0 radical (unpaired) electrons. The van der Waals surface area contributed by atoms with Crippen molar-refractivity contribution in [3.8, 4) is 23.0 Å². The summed E-state index contributed by atoms with van der Waals surface area (Å²) < 4.78 is 16.0. The van der Waals surface area contributed by atoms with E-state index in [1.54, 1.807) is 50.6 Å². The molecule has 0 saturated heterocycles. The summed E-state index contributed by atoms with van der Waals surface area (Å²) in [5, 5.41) is 0.340. The summed E-state index contributed by atoms with van der Waals surface area (Å²) in [6, 6.07) is 10.0. The van der Waals surface area contributed by atoms with E-state index in [0.717, 1.165) is 0 Å². The Kier molecular flexibility index (Phi) is 4.48. The normalized spacial score (nSPS) is 9.95. The highest BCUT2D eigenvalue weighted by Gasteiger charge is 2.06. The van der Waals surface area contributed by atoms with Crippen LogP contribution in [-0.2, 0) is 0 Å². The summed E-state index contributed by atoms with van der Waals surface area (Å²) in [7, 11) is 3.13. The molecule has 0 atom stereocenters. The van der Waals surface area contributed by atoms with Crippen LogP contribution < -0.4 is 14.2 Å². The molecule has 0 spiro atoms. The molecule has 0 unspecified atom stereocenters. The van der Waals surface area contributed by atoms with E-state index in [4.69, 9.17) is 25.8 Å². The lowest BCUT2D eigenvalue weighted by Crippen LogP contribution is -1.91. The third-order valence-electron chi connectivity index (χ3n) is 2.66. The Hall–Kier alpha value is -2.20. The van der Waals surface area contributed by atoms with Crippen molar-refractivity contribution in [1.29, 1.82) is 0 Å². The third-order valence-corrected chi connectivity index (χ3v) is 2.99. The van der Waals surface area contributed by atoms with E-state index in [1.807, 2.05) is 0 Å². The maximum atomic E-state index is 10.7. The minimum atomic E-state index is 0.340. The Balaban J connectivity index is 2.29. The number of rotatable bonds is 5. The van der Waals surface area contributed by atoms with E-state index in [-0.39, 0.29) is 0 Å². The van der Waals surface area contributed by atoms with E-state index in [9.17, 15) is 4.79 Å². The average Bonchev–Trinajstić information content (AvgIpc) is 2.47. The fraction of sp³-hybridized carbons (Fsp3) is 0.133. The van der Waals surface area contributed by atoms with Gasteiger partial charge in [-0.25, -0.2) is 0 Å². The molecule has 0 aliphatic heterocycles. The highest BCUT2D eigenvalue weighted by Crippen LogP contribution is 2.32. The molecule has 0 heterocycles. The van der Waals surface area contributed by atoms with Crippen molar-refractivity contribution in [3.63, 3.8) is 0 Å². The van der Waals surface area contributed by atoms with Gasteiger partial charge in [0.1, 0.15) is 23.0 Å². The Bertz CT molecular complexity index is 603. The van der Waals surface area contributed by atoms with Crippen molar-refractivity contribution < 1.29 is 19.0 Å². The topological polar surface area (TPSA) is 44.8 Å². The number of hydrogen-bond donors (Lipinski definition) is 0. The number of aldehydes is 1. The molecule has 4 nitrogen and oxygen atoms in total. The number of hydrogen-bond acceptors (Lipinski definition) is 4. The van der Waals surface area contributed by atoms with E-state index in [2.05, 4.69) is 0 Å². The first-order chi connectivity index (χ1) is 9.66. The maximum Gasteiger partial charge on any atom is 0.151 e. The number of ether oxygens (including phenoxy) is 3. The smallest absolute Gasteiger partial charge is 0.151 e. The van der Waals surface area contributed by atoms with Crippen LogP contribution in [0.4, 0.5) is 0 Å². The molecule has 0 aromatic heterocycles. The molecular weight excluding hydrogens is 280 g/mol. The van der Waals surface area contributed by atoms with Crippen molar-refractivity contribution in [3.05, 3.63) is 47.0 Å². The fourth-order valence-electron chi connectivity index (χ4n) is 1.64. The third kappa shape index (κ3) is 3.22. The number of carbonyl (C=O) groups is 1. The number of benzene rings is 2. The van der Waals surface area contributed by atoms with Crippen molar-refractivity contribution in [2.45, 2.75) is 0 Å². The zero-order valence-corrected chi connectivity index (χ0v) is 11.8. The van der Waals surface area contributed by atoms with Crippen molar-refractivity contribution in [2.75, 3.05) is 14.2 Å². The van der Waals surface area contributed by atoms with Crippen LogP contribution in [0, 0.1) is 0 Å². The first kappa shape index (κ1) is 14.2. The molecule has 104 valence electrons. The standard InChI is InChI=1S/C15H13ClO4/c1-18-12-5-13(19-2)7-14(6-12)20-11-4-3-10(9-17)15(16)8-11/h3-9H,1-2H3. The summed E-state index contributed by atoms with van der Waals surface area (Å²) in [5.74, 6) is 2.32. The van der Waals surface area contributed by atoms with E-state index in [0.29, 0.717) is 39.9 Å². The van der Waals surface area contributed by atoms with Gasteiger partial charge in [0, 0.05) is 29.8 Å². The lowest BCUT2D eigenvalue weighted by molar-refractivity contribution is 0.112. The molecule has 2 aromatic rings. The molecule has 0 aliphatic rings.